The number of thioether (sulfide) groups is 1. The number of rotatable bonds is 3. The summed E-state index contributed by atoms with van der Waals surface area (Å²) in [5.74, 6) is 2.30. The first kappa shape index (κ1) is 15.6. The molecule has 1 aromatic heterocycles. The third-order valence-electron chi connectivity index (χ3n) is 3.91. The van der Waals surface area contributed by atoms with Gasteiger partial charge in [-0.05, 0) is 12.1 Å². The number of nitrogens with one attached hydrogen (secondary N) is 1. The van der Waals surface area contributed by atoms with Crippen molar-refractivity contribution in [1.82, 2.24) is 15.1 Å². The number of piperazine rings is 1. The van der Waals surface area contributed by atoms with Gasteiger partial charge in [-0.15, -0.1) is 11.3 Å². The number of thiophene rings is 1. The minimum atomic E-state index is 0.0198. The van der Waals surface area contributed by atoms with E-state index in [1.165, 1.54) is 4.88 Å². The summed E-state index contributed by atoms with van der Waals surface area (Å²) in [7, 11) is 0. The molecular formula is C14H20ClN3OS2. The Morgan fingerprint density at radius 2 is 2.14 bits per heavy atom. The quantitative estimate of drug-likeness (QED) is 0.905. The molecule has 1 atom stereocenters. The van der Waals surface area contributed by atoms with Gasteiger partial charge in [-0.3, -0.25) is 9.69 Å². The Hall–Kier alpha value is -0.270. The van der Waals surface area contributed by atoms with Crippen LogP contribution in [0, 0.1) is 0 Å². The van der Waals surface area contributed by atoms with E-state index in [1.54, 1.807) is 11.3 Å². The number of nitrogens with zero attached hydrogens (tertiary/aromatic N) is 2. The molecule has 0 spiro atoms. The molecule has 1 amide bonds. The SMILES string of the molecule is O=C(C1CSCCN1)N1CCN(Cc2ccc(Cl)s2)CC1. The van der Waals surface area contributed by atoms with Gasteiger partial charge in [0.05, 0.1) is 10.4 Å². The van der Waals surface area contributed by atoms with Gasteiger partial charge < -0.3 is 10.2 Å². The molecule has 0 aromatic carbocycles. The molecular weight excluding hydrogens is 326 g/mol. The van der Waals surface area contributed by atoms with Crippen LogP contribution in [0.1, 0.15) is 4.88 Å². The van der Waals surface area contributed by atoms with Gasteiger partial charge in [-0.2, -0.15) is 11.8 Å². The van der Waals surface area contributed by atoms with Crippen LogP contribution in [0.25, 0.3) is 0 Å². The van der Waals surface area contributed by atoms with Gasteiger partial charge in [-0.25, -0.2) is 0 Å². The van der Waals surface area contributed by atoms with Crippen molar-refractivity contribution >= 4 is 40.6 Å². The van der Waals surface area contributed by atoms with Crippen LogP contribution in [-0.4, -0.2) is 66.0 Å². The number of hydrogen-bond acceptors (Lipinski definition) is 5. The van der Waals surface area contributed by atoms with Crippen LogP contribution in [0.15, 0.2) is 12.1 Å². The van der Waals surface area contributed by atoms with E-state index >= 15 is 0 Å². The fourth-order valence-electron chi connectivity index (χ4n) is 2.73. The molecule has 21 heavy (non-hydrogen) atoms. The summed E-state index contributed by atoms with van der Waals surface area (Å²) in [5, 5.41) is 3.33. The molecule has 2 fully saturated rings. The molecule has 0 radical (unpaired) electrons. The summed E-state index contributed by atoms with van der Waals surface area (Å²) < 4.78 is 0.847. The van der Waals surface area contributed by atoms with Gasteiger partial charge >= 0.3 is 0 Å². The molecule has 1 N–H and O–H groups in total. The molecule has 2 aliphatic rings. The summed E-state index contributed by atoms with van der Waals surface area (Å²) >= 11 is 9.48. The zero-order valence-electron chi connectivity index (χ0n) is 11.9. The number of amides is 1. The molecule has 2 aliphatic heterocycles. The van der Waals surface area contributed by atoms with Crippen LogP contribution in [0.5, 0.6) is 0 Å². The average molecular weight is 346 g/mol. The van der Waals surface area contributed by atoms with E-state index in [-0.39, 0.29) is 11.9 Å². The second-order valence-corrected chi connectivity index (χ2v) is 8.34. The first-order valence-corrected chi connectivity index (χ1v) is 9.64. The van der Waals surface area contributed by atoms with E-state index < -0.39 is 0 Å². The molecule has 3 rings (SSSR count). The van der Waals surface area contributed by atoms with Crippen molar-refractivity contribution in [2.45, 2.75) is 12.6 Å². The standard InChI is InChI=1S/C14H20ClN3OS2/c15-13-2-1-11(21-13)9-17-4-6-18(7-5-17)14(19)12-10-20-8-3-16-12/h1-2,12,16H,3-10H2. The van der Waals surface area contributed by atoms with Crippen molar-refractivity contribution < 1.29 is 4.79 Å². The molecule has 2 saturated heterocycles. The summed E-state index contributed by atoms with van der Waals surface area (Å²) in [4.78, 5) is 18.1. The van der Waals surface area contributed by atoms with Gasteiger partial charge in [0.15, 0.2) is 0 Å². The monoisotopic (exact) mass is 345 g/mol. The smallest absolute Gasteiger partial charge is 0.240 e. The topological polar surface area (TPSA) is 35.6 Å². The molecule has 0 aliphatic carbocycles. The maximum absolute atomic E-state index is 12.4. The van der Waals surface area contributed by atoms with Crippen molar-refractivity contribution in [3.63, 3.8) is 0 Å². The van der Waals surface area contributed by atoms with Crippen molar-refractivity contribution in [1.29, 1.82) is 0 Å². The first-order chi connectivity index (χ1) is 10.2. The normalized spacial score (nSPS) is 24.2. The van der Waals surface area contributed by atoms with Crippen molar-refractivity contribution in [3.8, 4) is 0 Å². The molecule has 7 heteroatoms. The van der Waals surface area contributed by atoms with Gasteiger partial charge in [0, 0.05) is 55.7 Å². The van der Waals surface area contributed by atoms with E-state index in [2.05, 4.69) is 16.3 Å². The van der Waals surface area contributed by atoms with Gasteiger partial charge in [0.1, 0.15) is 0 Å². The lowest BCUT2D eigenvalue weighted by molar-refractivity contribution is -0.134. The molecule has 1 unspecified atom stereocenters. The maximum Gasteiger partial charge on any atom is 0.240 e. The Morgan fingerprint density at radius 1 is 1.33 bits per heavy atom. The highest BCUT2D eigenvalue weighted by Gasteiger charge is 2.28. The number of carbonyl (C=O) groups is 1. The molecule has 0 saturated carbocycles. The zero-order chi connectivity index (χ0) is 14.7. The predicted octanol–water partition coefficient (Wildman–Crippen LogP) is 1.75. The van der Waals surface area contributed by atoms with E-state index in [1.807, 2.05) is 22.7 Å². The largest absolute Gasteiger partial charge is 0.339 e. The molecule has 3 heterocycles. The first-order valence-electron chi connectivity index (χ1n) is 7.29. The van der Waals surface area contributed by atoms with Crippen LogP contribution >= 0.6 is 34.7 Å². The summed E-state index contributed by atoms with van der Waals surface area (Å²) in [6.07, 6.45) is 0. The van der Waals surface area contributed by atoms with E-state index in [4.69, 9.17) is 11.6 Å². The number of halogens is 1. The molecule has 116 valence electrons. The predicted molar refractivity (Wildman–Crippen MR) is 90.3 cm³/mol. The maximum atomic E-state index is 12.4. The van der Waals surface area contributed by atoms with Gasteiger partial charge in [0.25, 0.3) is 0 Å². The third kappa shape index (κ3) is 4.13. The fourth-order valence-corrected chi connectivity index (χ4v) is 4.78. The van der Waals surface area contributed by atoms with Gasteiger partial charge in [-0.1, -0.05) is 11.6 Å². The number of hydrogen-bond donors (Lipinski definition) is 1. The minimum Gasteiger partial charge on any atom is -0.339 e. The van der Waals surface area contributed by atoms with Crippen LogP contribution < -0.4 is 5.32 Å². The van der Waals surface area contributed by atoms with E-state index in [0.717, 1.165) is 55.1 Å². The van der Waals surface area contributed by atoms with Crippen molar-refractivity contribution in [3.05, 3.63) is 21.3 Å². The molecule has 0 bridgehead atoms. The summed E-state index contributed by atoms with van der Waals surface area (Å²) in [6.45, 7) is 5.45. The highest BCUT2D eigenvalue weighted by molar-refractivity contribution is 7.99. The van der Waals surface area contributed by atoms with E-state index in [9.17, 15) is 4.79 Å². The lowest BCUT2D eigenvalue weighted by atomic mass is 10.2. The highest BCUT2D eigenvalue weighted by atomic mass is 35.5. The van der Waals surface area contributed by atoms with Crippen molar-refractivity contribution in [2.24, 2.45) is 0 Å². The third-order valence-corrected chi connectivity index (χ3v) is 6.19. The second kappa shape index (κ2) is 7.33. The lowest BCUT2D eigenvalue weighted by Crippen LogP contribution is -2.55. The molecule has 1 aromatic rings. The Labute approximate surface area is 138 Å². The zero-order valence-corrected chi connectivity index (χ0v) is 14.3. The average Bonchev–Trinajstić information content (AvgIpc) is 2.93. The Bertz CT molecular complexity index is 482. The van der Waals surface area contributed by atoms with Crippen LogP contribution in [0.2, 0.25) is 4.34 Å². The fraction of sp³-hybridized carbons (Fsp3) is 0.643. The Kier molecular flexibility index (Phi) is 5.45. The van der Waals surface area contributed by atoms with Gasteiger partial charge in [0.2, 0.25) is 5.91 Å². The van der Waals surface area contributed by atoms with Crippen LogP contribution in [0.4, 0.5) is 0 Å². The van der Waals surface area contributed by atoms with Crippen molar-refractivity contribution in [2.75, 3.05) is 44.2 Å². The second-order valence-electron chi connectivity index (χ2n) is 5.39. The Balaban J connectivity index is 1.47. The van der Waals surface area contributed by atoms with E-state index in [0.29, 0.717) is 0 Å². The minimum absolute atomic E-state index is 0.0198. The highest BCUT2D eigenvalue weighted by Crippen LogP contribution is 2.23. The number of carbonyl (C=O) groups excluding carboxylic acids is 1. The summed E-state index contributed by atoms with van der Waals surface area (Å²) in [5.41, 5.74) is 0. The van der Waals surface area contributed by atoms with Crippen LogP contribution in [-0.2, 0) is 11.3 Å². The lowest BCUT2D eigenvalue weighted by Gasteiger charge is -2.37. The molecule has 4 nitrogen and oxygen atoms in total. The van der Waals surface area contributed by atoms with Crippen LogP contribution in [0.3, 0.4) is 0 Å². The Morgan fingerprint density at radius 3 is 2.76 bits per heavy atom. The summed E-state index contributed by atoms with van der Waals surface area (Å²) in [6, 6.07) is 4.06.